The molecule has 0 saturated heterocycles. The summed E-state index contributed by atoms with van der Waals surface area (Å²) in [6, 6.07) is 11.2. The second-order valence-electron chi connectivity index (χ2n) is 7.54. The van der Waals surface area contributed by atoms with Crippen molar-refractivity contribution in [3.63, 3.8) is 0 Å². The molecule has 2 aromatic carbocycles. The second-order valence-corrected chi connectivity index (χ2v) is 7.54. The molecule has 2 N–H and O–H groups in total. The zero-order valence-corrected chi connectivity index (χ0v) is 18.2. The van der Waals surface area contributed by atoms with Gasteiger partial charge in [0, 0.05) is 17.5 Å². The van der Waals surface area contributed by atoms with E-state index in [4.69, 9.17) is 4.74 Å². The summed E-state index contributed by atoms with van der Waals surface area (Å²) in [7, 11) is 0. The first-order valence-electron chi connectivity index (χ1n) is 10.2. The van der Waals surface area contributed by atoms with Crippen molar-refractivity contribution in [3.05, 3.63) is 64.9 Å². The third kappa shape index (κ3) is 5.31. The van der Waals surface area contributed by atoms with Gasteiger partial charge in [-0.05, 0) is 51.0 Å². The van der Waals surface area contributed by atoms with Gasteiger partial charge < -0.3 is 15.4 Å². The predicted molar refractivity (Wildman–Crippen MR) is 121 cm³/mol. The van der Waals surface area contributed by atoms with Gasteiger partial charge in [0.25, 0.3) is 5.91 Å². The number of nitrogens with one attached hydrogen (secondary N) is 2. The molecule has 31 heavy (non-hydrogen) atoms. The van der Waals surface area contributed by atoms with Crippen molar-refractivity contribution in [2.45, 2.75) is 34.1 Å². The van der Waals surface area contributed by atoms with Crippen LogP contribution in [0.5, 0.6) is 0 Å². The smallest absolute Gasteiger partial charge is 0.311 e. The van der Waals surface area contributed by atoms with Crippen molar-refractivity contribution in [2.75, 3.05) is 28.7 Å². The van der Waals surface area contributed by atoms with Crippen LogP contribution in [0.25, 0.3) is 0 Å². The number of hydrogen-bond acceptors (Lipinski definition) is 5. The van der Waals surface area contributed by atoms with Crippen LogP contribution in [0.2, 0.25) is 0 Å². The summed E-state index contributed by atoms with van der Waals surface area (Å²) in [4.78, 5) is 39.1. The highest BCUT2D eigenvalue weighted by Gasteiger charge is 2.25. The van der Waals surface area contributed by atoms with E-state index in [1.807, 2.05) is 39.0 Å². The van der Waals surface area contributed by atoms with Gasteiger partial charge >= 0.3 is 5.97 Å². The zero-order chi connectivity index (χ0) is 22.5. The zero-order valence-electron chi connectivity index (χ0n) is 18.2. The Kier molecular flexibility index (Phi) is 6.74. The summed E-state index contributed by atoms with van der Waals surface area (Å²) < 4.78 is 4.99. The molecule has 162 valence electrons. The Labute approximate surface area is 182 Å². The van der Waals surface area contributed by atoms with Crippen molar-refractivity contribution >= 4 is 34.8 Å². The van der Waals surface area contributed by atoms with E-state index < -0.39 is 5.97 Å². The van der Waals surface area contributed by atoms with Gasteiger partial charge in [0.1, 0.15) is 6.54 Å². The molecule has 7 heteroatoms. The van der Waals surface area contributed by atoms with Crippen molar-refractivity contribution in [1.29, 1.82) is 0 Å². The Morgan fingerprint density at radius 3 is 2.45 bits per heavy atom. The van der Waals surface area contributed by atoms with Gasteiger partial charge in [-0.2, -0.15) is 0 Å². The fourth-order valence-electron chi connectivity index (χ4n) is 3.70. The minimum absolute atomic E-state index is 0.0598. The lowest BCUT2D eigenvalue weighted by Gasteiger charge is -2.22. The van der Waals surface area contributed by atoms with Crippen LogP contribution in [0.3, 0.4) is 0 Å². The average Bonchev–Trinajstić information content (AvgIpc) is 2.81. The van der Waals surface area contributed by atoms with Crippen LogP contribution in [-0.2, 0) is 19.1 Å². The molecule has 0 unspecified atom stereocenters. The lowest BCUT2D eigenvalue weighted by Crippen LogP contribution is -2.37. The molecular formula is C24H27N3O4. The summed E-state index contributed by atoms with van der Waals surface area (Å²) in [6.07, 6.45) is 1.28. The molecule has 2 aromatic rings. The third-order valence-corrected chi connectivity index (χ3v) is 4.94. The number of nitrogens with zero attached hydrogens (tertiary/aromatic N) is 1. The summed E-state index contributed by atoms with van der Waals surface area (Å²) in [5.74, 6) is -1.12. The number of rotatable bonds is 6. The molecule has 2 amide bonds. The van der Waals surface area contributed by atoms with Crippen LogP contribution in [-0.4, -0.2) is 30.9 Å². The number of hydrogen-bond donors (Lipinski definition) is 2. The maximum Gasteiger partial charge on any atom is 0.311 e. The van der Waals surface area contributed by atoms with Crippen LogP contribution < -0.4 is 15.5 Å². The molecule has 1 aliphatic heterocycles. The van der Waals surface area contributed by atoms with E-state index in [0.29, 0.717) is 17.1 Å². The standard InChI is InChI=1S/C24H27N3O4/c1-5-31-23(30)13-18-12-22(29)27(20-9-7-6-8-19(20)25-18)14-21(28)26-24-16(3)10-15(2)11-17(24)4/h6-12,25H,5,13-14H2,1-4H3,(H,26,28). The first kappa shape index (κ1) is 22.1. The maximum atomic E-state index is 13.0. The van der Waals surface area contributed by atoms with Gasteiger partial charge in [0.2, 0.25) is 5.91 Å². The Hall–Kier alpha value is -3.61. The molecule has 0 aromatic heterocycles. The van der Waals surface area contributed by atoms with E-state index in [-0.39, 0.29) is 31.4 Å². The Morgan fingerprint density at radius 2 is 1.77 bits per heavy atom. The molecule has 0 fully saturated rings. The molecule has 0 atom stereocenters. The van der Waals surface area contributed by atoms with E-state index in [9.17, 15) is 14.4 Å². The minimum Gasteiger partial charge on any atom is -0.466 e. The molecule has 7 nitrogen and oxygen atoms in total. The van der Waals surface area contributed by atoms with E-state index in [1.165, 1.54) is 11.0 Å². The number of carbonyl (C=O) groups excluding carboxylic acids is 3. The first-order chi connectivity index (χ1) is 14.8. The lowest BCUT2D eigenvalue weighted by molar-refractivity contribution is -0.142. The summed E-state index contributed by atoms with van der Waals surface area (Å²) in [5, 5.41) is 6.06. The summed E-state index contributed by atoms with van der Waals surface area (Å²) in [6.45, 7) is 7.72. The highest BCUT2D eigenvalue weighted by molar-refractivity contribution is 6.10. The van der Waals surface area contributed by atoms with Crippen molar-refractivity contribution < 1.29 is 19.1 Å². The Bertz CT molecular complexity index is 1040. The van der Waals surface area contributed by atoms with Crippen LogP contribution in [0, 0.1) is 20.8 Å². The van der Waals surface area contributed by atoms with Crippen LogP contribution >= 0.6 is 0 Å². The number of ether oxygens (including phenoxy) is 1. The molecule has 0 radical (unpaired) electrons. The number of fused-ring (bicyclic) bond motifs is 1. The minimum atomic E-state index is -0.428. The number of anilines is 3. The normalized spacial score (nSPS) is 13.0. The molecular weight excluding hydrogens is 394 g/mol. The molecule has 0 bridgehead atoms. The third-order valence-electron chi connectivity index (χ3n) is 4.94. The largest absolute Gasteiger partial charge is 0.466 e. The van der Waals surface area contributed by atoms with Crippen molar-refractivity contribution in [1.82, 2.24) is 0 Å². The summed E-state index contributed by atoms with van der Waals surface area (Å²) >= 11 is 0. The first-order valence-corrected chi connectivity index (χ1v) is 10.2. The van der Waals surface area contributed by atoms with E-state index in [2.05, 4.69) is 10.6 Å². The fourth-order valence-corrected chi connectivity index (χ4v) is 3.70. The fraction of sp³-hybridized carbons (Fsp3) is 0.292. The van der Waals surface area contributed by atoms with Gasteiger partial charge in [0.05, 0.1) is 24.4 Å². The van der Waals surface area contributed by atoms with Crippen LogP contribution in [0.4, 0.5) is 17.1 Å². The SMILES string of the molecule is CCOC(=O)CC1=CC(=O)N(CC(=O)Nc2c(C)cc(C)cc2C)c2ccccc2N1. The van der Waals surface area contributed by atoms with Gasteiger partial charge in [-0.25, -0.2) is 0 Å². The van der Waals surface area contributed by atoms with E-state index in [1.54, 1.807) is 25.1 Å². The number of amides is 2. The number of para-hydroxylation sites is 2. The quantitative estimate of drug-likeness (QED) is 0.692. The van der Waals surface area contributed by atoms with Gasteiger partial charge in [-0.1, -0.05) is 29.8 Å². The van der Waals surface area contributed by atoms with Crippen LogP contribution in [0.15, 0.2) is 48.2 Å². The van der Waals surface area contributed by atoms with Crippen molar-refractivity contribution in [3.8, 4) is 0 Å². The Morgan fingerprint density at radius 1 is 1.10 bits per heavy atom. The molecule has 0 spiro atoms. The number of esters is 1. The van der Waals surface area contributed by atoms with Gasteiger partial charge in [0.15, 0.2) is 0 Å². The molecule has 0 saturated carbocycles. The lowest BCUT2D eigenvalue weighted by atomic mass is 10.1. The Balaban J connectivity index is 1.84. The topological polar surface area (TPSA) is 87.7 Å². The monoisotopic (exact) mass is 421 g/mol. The number of aryl methyl sites for hydroxylation is 3. The maximum absolute atomic E-state index is 13.0. The van der Waals surface area contributed by atoms with Crippen LogP contribution in [0.1, 0.15) is 30.0 Å². The van der Waals surface area contributed by atoms with E-state index in [0.717, 1.165) is 22.4 Å². The average molecular weight is 421 g/mol. The van der Waals surface area contributed by atoms with E-state index >= 15 is 0 Å². The highest BCUT2D eigenvalue weighted by Crippen LogP contribution is 2.31. The van der Waals surface area contributed by atoms with Gasteiger partial charge in [-0.15, -0.1) is 0 Å². The molecule has 1 heterocycles. The van der Waals surface area contributed by atoms with Crippen molar-refractivity contribution in [2.24, 2.45) is 0 Å². The second kappa shape index (κ2) is 9.47. The molecule has 0 aliphatic carbocycles. The predicted octanol–water partition coefficient (Wildman–Crippen LogP) is 3.85. The highest BCUT2D eigenvalue weighted by atomic mass is 16.5. The van der Waals surface area contributed by atoms with Gasteiger partial charge in [-0.3, -0.25) is 19.3 Å². The molecule has 1 aliphatic rings. The molecule has 3 rings (SSSR count). The number of benzene rings is 2. The summed E-state index contributed by atoms with van der Waals surface area (Å²) in [5.41, 5.74) is 5.43. The number of carbonyl (C=O) groups is 3.